The maximum Gasteiger partial charge on any atom is 0.166 e. The highest BCUT2D eigenvalue weighted by atomic mass is 79.9. The van der Waals surface area contributed by atoms with Crippen molar-refractivity contribution in [2.24, 2.45) is 0 Å². The molecule has 0 aromatic carbocycles. The zero-order valence-corrected chi connectivity index (χ0v) is 9.27. The van der Waals surface area contributed by atoms with Crippen LogP contribution in [-0.4, -0.2) is 23.3 Å². The van der Waals surface area contributed by atoms with Gasteiger partial charge in [-0.3, -0.25) is 0 Å². The van der Waals surface area contributed by atoms with Crippen molar-refractivity contribution in [3.05, 3.63) is 27.2 Å². The Labute approximate surface area is 93.0 Å². The van der Waals surface area contributed by atoms with Gasteiger partial charge in [0.2, 0.25) is 0 Å². The van der Waals surface area contributed by atoms with Crippen molar-refractivity contribution in [1.29, 1.82) is 0 Å². The quantitative estimate of drug-likeness (QED) is 0.800. The first-order valence-corrected chi connectivity index (χ1v) is 5.02. The second-order valence-electron chi connectivity index (χ2n) is 3.12. The average molecular weight is 282 g/mol. The van der Waals surface area contributed by atoms with E-state index in [1.54, 1.807) is 0 Å². The SMILES string of the molecule is OC1(c2cc(Br)nc(Cl)c2F)COC1. The molecule has 1 fully saturated rings. The van der Waals surface area contributed by atoms with Crippen molar-refractivity contribution in [2.75, 3.05) is 13.2 Å². The third-order valence-corrected chi connectivity index (χ3v) is 2.73. The summed E-state index contributed by atoms with van der Waals surface area (Å²) in [6, 6.07) is 1.41. The molecule has 0 bridgehead atoms. The van der Waals surface area contributed by atoms with Crippen molar-refractivity contribution in [2.45, 2.75) is 5.60 Å². The third-order valence-electron chi connectivity index (χ3n) is 2.07. The molecular weight excluding hydrogens is 276 g/mol. The van der Waals surface area contributed by atoms with Crippen LogP contribution in [0.1, 0.15) is 5.56 Å². The maximum atomic E-state index is 13.5. The first-order chi connectivity index (χ1) is 6.53. The van der Waals surface area contributed by atoms with Gasteiger partial charge in [-0.05, 0) is 22.0 Å². The van der Waals surface area contributed by atoms with Gasteiger partial charge in [0, 0.05) is 5.56 Å². The molecule has 0 unspecified atom stereocenters. The average Bonchev–Trinajstić information content (AvgIpc) is 2.07. The molecule has 0 aliphatic carbocycles. The minimum absolute atomic E-state index is 0.0801. The fourth-order valence-corrected chi connectivity index (χ4v) is 1.96. The molecule has 3 nitrogen and oxygen atoms in total. The monoisotopic (exact) mass is 281 g/mol. The Morgan fingerprint density at radius 3 is 2.79 bits per heavy atom. The molecule has 2 rings (SSSR count). The minimum Gasteiger partial charge on any atom is -0.380 e. The Balaban J connectivity index is 2.51. The van der Waals surface area contributed by atoms with E-state index in [1.807, 2.05) is 0 Å². The van der Waals surface area contributed by atoms with Crippen LogP contribution in [0.25, 0.3) is 0 Å². The molecule has 0 spiro atoms. The van der Waals surface area contributed by atoms with Gasteiger partial charge in [-0.2, -0.15) is 0 Å². The number of hydrogen-bond donors (Lipinski definition) is 1. The zero-order valence-electron chi connectivity index (χ0n) is 6.93. The van der Waals surface area contributed by atoms with Crippen LogP contribution in [0, 0.1) is 5.82 Å². The predicted octanol–water partition coefficient (Wildman–Crippen LogP) is 1.85. The summed E-state index contributed by atoms with van der Waals surface area (Å²) >= 11 is 8.62. The minimum atomic E-state index is -1.26. The first kappa shape index (κ1) is 10.3. The van der Waals surface area contributed by atoms with Gasteiger partial charge in [0.05, 0.1) is 13.2 Å². The van der Waals surface area contributed by atoms with Crippen molar-refractivity contribution >= 4 is 27.5 Å². The summed E-state index contributed by atoms with van der Waals surface area (Å²) in [6.45, 7) is 0.160. The molecule has 14 heavy (non-hydrogen) atoms. The lowest BCUT2D eigenvalue weighted by molar-refractivity contribution is -0.186. The van der Waals surface area contributed by atoms with Gasteiger partial charge in [0.25, 0.3) is 0 Å². The normalized spacial score (nSPS) is 19.1. The molecule has 1 aliphatic rings. The standard InChI is InChI=1S/C8H6BrClFNO2/c9-5-1-4(6(11)7(10)12-5)8(13)2-14-3-8/h1,13H,2-3H2. The van der Waals surface area contributed by atoms with E-state index < -0.39 is 11.4 Å². The summed E-state index contributed by atoms with van der Waals surface area (Å²) < 4.78 is 18.7. The van der Waals surface area contributed by atoms with Crippen molar-refractivity contribution in [1.82, 2.24) is 4.98 Å². The highest BCUT2D eigenvalue weighted by Crippen LogP contribution is 2.34. The van der Waals surface area contributed by atoms with Crippen molar-refractivity contribution in [3.63, 3.8) is 0 Å². The molecule has 1 saturated heterocycles. The molecule has 0 atom stereocenters. The van der Waals surface area contributed by atoms with E-state index >= 15 is 0 Å². The van der Waals surface area contributed by atoms with Crippen molar-refractivity contribution in [3.8, 4) is 0 Å². The van der Waals surface area contributed by atoms with Gasteiger partial charge in [-0.1, -0.05) is 11.6 Å². The lowest BCUT2D eigenvalue weighted by Gasteiger charge is -2.36. The first-order valence-electron chi connectivity index (χ1n) is 3.85. The van der Waals surface area contributed by atoms with Crippen molar-refractivity contribution < 1.29 is 14.2 Å². The van der Waals surface area contributed by atoms with Gasteiger partial charge < -0.3 is 9.84 Å². The number of nitrogens with zero attached hydrogens (tertiary/aromatic N) is 1. The van der Waals surface area contributed by atoms with Gasteiger partial charge >= 0.3 is 0 Å². The van der Waals surface area contributed by atoms with Gasteiger partial charge in [0.1, 0.15) is 10.2 Å². The van der Waals surface area contributed by atoms with Crippen LogP contribution in [0.15, 0.2) is 10.7 Å². The summed E-state index contributed by atoms with van der Waals surface area (Å²) in [4.78, 5) is 3.66. The molecule has 1 aromatic heterocycles. The van der Waals surface area contributed by atoms with Gasteiger partial charge in [0.15, 0.2) is 11.0 Å². The van der Waals surface area contributed by atoms with Crippen LogP contribution in [0.2, 0.25) is 5.15 Å². The molecule has 1 N–H and O–H groups in total. The third kappa shape index (κ3) is 1.54. The summed E-state index contributed by atoms with van der Waals surface area (Å²) in [5.41, 5.74) is -1.14. The number of ether oxygens (including phenoxy) is 1. The fraction of sp³-hybridized carbons (Fsp3) is 0.375. The van der Waals surface area contributed by atoms with E-state index in [9.17, 15) is 9.50 Å². The second kappa shape index (κ2) is 3.41. The molecule has 1 aromatic rings. The van der Waals surface area contributed by atoms with E-state index in [-0.39, 0.29) is 23.9 Å². The Kier molecular flexibility index (Phi) is 2.51. The summed E-state index contributed by atoms with van der Waals surface area (Å²) in [6.07, 6.45) is 0. The highest BCUT2D eigenvalue weighted by Gasteiger charge is 2.41. The maximum absolute atomic E-state index is 13.5. The molecule has 1 aliphatic heterocycles. The van der Waals surface area contributed by atoms with E-state index in [1.165, 1.54) is 6.07 Å². The molecule has 0 radical (unpaired) electrons. The Hall–Kier alpha value is -0.230. The summed E-state index contributed by atoms with van der Waals surface area (Å²) in [7, 11) is 0. The topological polar surface area (TPSA) is 42.4 Å². The molecule has 2 heterocycles. The number of rotatable bonds is 1. The van der Waals surface area contributed by atoms with Gasteiger partial charge in [-0.25, -0.2) is 9.37 Å². The summed E-state index contributed by atoms with van der Waals surface area (Å²) in [5, 5.41) is 9.58. The Bertz CT molecular complexity index is 384. The number of pyridine rings is 1. The Morgan fingerprint density at radius 2 is 2.29 bits per heavy atom. The number of hydrogen-bond acceptors (Lipinski definition) is 3. The van der Waals surface area contributed by atoms with Crippen LogP contribution in [-0.2, 0) is 10.3 Å². The number of halogens is 3. The van der Waals surface area contributed by atoms with Crippen LogP contribution < -0.4 is 0 Å². The second-order valence-corrected chi connectivity index (χ2v) is 4.29. The lowest BCUT2D eigenvalue weighted by Crippen LogP contribution is -2.47. The van der Waals surface area contributed by atoms with E-state index in [4.69, 9.17) is 16.3 Å². The van der Waals surface area contributed by atoms with E-state index in [0.29, 0.717) is 4.60 Å². The number of aliphatic hydroxyl groups is 1. The largest absolute Gasteiger partial charge is 0.380 e. The molecular formula is C8H6BrClFNO2. The summed E-state index contributed by atoms with van der Waals surface area (Å²) in [5.74, 6) is -0.694. The van der Waals surface area contributed by atoms with E-state index in [0.717, 1.165) is 0 Å². The molecule has 6 heteroatoms. The highest BCUT2D eigenvalue weighted by molar-refractivity contribution is 9.10. The van der Waals surface area contributed by atoms with Crippen LogP contribution in [0.5, 0.6) is 0 Å². The molecule has 76 valence electrons. The number of aromatic nitrogens is 1. The zero-order chi connectivity index (χ0) is 10.3. The Morgan fingerprint density at radius 1 is 1.64 bits per heavy atom. The predicted molar refractivity (Wildman–Crippen MR) is 51.6 cm³/mol. The van der Waals surface area contributed by atoms with Crippen LogP contribution >= 0.6 is 27.5 Å². The molecule has 0 saturated carbocycles. The van der Waals surface area contributed by atoms with Gasteiger partial charge in [-0.15, -0.1) is 0 Å². The molecule has 0 amide bonds. The lowest BCUT2D eigenvalue weighted by atomic mass is 9.93. The van der Waals surface area contributed by atoms with Crippen LogP contribution in [0.3, 0.4) is 0 Å². The van der Waals surface area contributed by atoms with Crippen LogP contribution in [0.4, 0.5) is 4.39 Å². The fourth-order valence-electron chi connectivity index (χ4n) is 1.26. The smallest absolute Gasteiger partial charge is 0.166 e. The van der Waals surface area contributed by atoms with E-state index in [2.05, 4.69) is 20.9 Å².